The summed E-state index contributed by atoms with van der Waals surface area (Å²) in [5, 5.41) is 6.83. The van der Waals surface area contributed by atoms with Gasteiger partial charge in [-0.3, -0.25) is 9.89 Å². The first-order chi connectivity index (χ1) is 12.9. The van der Waals surface area contributed by atoms with Crippen LogP contribution in [0.25, 0.3) is 0 Å². The van der Waals surface area contributed by atoms with E-state index < -0.39 is 6.61 Å². The number of hydrogen-bond acceptors (Lipinski definition) is 4. The van der Waals surface area contributed by atoms with Crippen molar-refractivity contribution >= 4 is 17.6 Å². The number of guanidine groups is 1. The fourth-order valence-electron chi connectivity index (χ4n) is 3.05. The van der Waals surface area contributed by atoms with Crippen molar-refractivity contribution in [2.45, 2.75) is 39.1 Å². The molecule has 9 heteroatoms. The number of hydrogen-bond donors (Lipinski definition) is 2. The number of morpholine rings is 1. The number of ether oxygens (including phenoxy) is 2. The highest BCUT2D eigenvalue weighted by Gasteiger charge is 2.23. The topological polar surface area (TPSA) is 58.1 Å². The molecule has 2 unspecified atom stereocenters. The maximum absolute atomic E-state index is 12.6. The molecular weight excluding hydrogens is 378 g/mol. The Morgan fingerprint density at radius 1 is 1.44 bits per heavy atom. The molecule has 0 aliphatic carbocycles. The molecule has 2 rings (SSSR count). The summed E-state index contributed by atoms with van der Waals surface area (Å²) in [6.45, 7) is 4.72. The van der Waals surface area contributed by atoms with Gasteiger partial charge >= 0.3 is 6.61 Å². The number of benzene rings is 1. The molecule has 1 aromatic rings. The molecule has 1 aromatic carbocycles. The van der Waals surface area contributed by atoms with Crippen LogP contribution in [0, 0.1) is 0 Å². The van der Waals surface area contributed by atoms with Crippen molar-refractivity contribution in [3.05, 3.63) is 28.8 Å². The first-order valence-corrected chi connectivity index (χ1v) is 9.29. The first kappa shape index (κ1) is 21.7. The average Bonchev–Trinajstić information content (AvgIpc) is 2.63. The van der Waals surface area contributed by atoms with E-state index >= 15 is 0 Å². The van der Waals surface area contributed by atoms with E-state index in [1.165, 1.54) is 12.1 Å². The van der Waals surface area contributed by atoms with Gasteiger partial charge in [0.05, 0.1) is 13.2 Å². The van der Waals surface area contributed by atoms with Gasteiger partial charge in [0.1, 0.15) is 5.75 Å². The highest BCUT2D eigenvalue weighted by molar-refractivity contribution is 6.30. The van der Waals surface area contributed by atoms with Crippen LogP contribution >= 0.6 is 11.6 Å². The average molecular weight is 405 g/mol. The predicted octanol–water partition coefficient (Wildman–Crippen LogP) is 2.72. The van der Waals surface area contributed by atoms with E-state index in [9.17, 15) is 8.78 Å². The van der Waals surface area contributed by atoms with E-state index in [2.05, 4.69) is 39.1 Å². The molecule has 1 aliphatic rings. The molecule has 0 saturated carbocycles. The molecule has 1 saturated heterocycles. The fraction of sp³-hybridized carbons (Fsp3) is 0.611. The summed E-state index contributed by atoms with van der Waals surface area (Å²) in [6, 6.07) is 5.21. The second kappa shape index (κ2) is 10.6. The predicted molar refractivity (Wildman–Crippen MR) is 103 cm³/mol. The zero-order valence-electron chi connectivity index (χ0n) is 15.8. The number of nitrogens with one attached hydrogen (secondary N) is 2. The maximum atomic E-state index is 12.6. The second-order valence-electron chi connectivity index (χ2n) is 6.45. The Bertz CT molecular complexity index is 633. The third-order valence-electron chi connectivity index (χ3n) is 4.46. The minimum absolute atomic E-state index is 0.0906. The van der Waals surface area contributed by atoms with Crippen LogP contribution < -0.4 is 15.4 Å². The van der Waals surface area contributed by atoms with E-state index in [0.29, 0.717) is 35.2 Å². The van der Waals surface area contributed by atoms with Crippen molar-refractivity contribution in [2.24, 2.45) is 4.99 Å². The molecule has 0 amide bonds. The highest BCUT2D eigenvalue weighted by atomic mass is 35.5. The minimum atomic E-state index is -2.89. The first-order valence-electron chi connectivity index (χ1n) is 8.92. The molecular formula is C18H27ClF2N4O2. The Morgan fingerprint density at radius 3 is 2.89 bits per heavy atom. The van der Waals surface area contributed by atoms with Crippen LogP contribution in [-0.2, 0) is 11.3 Å². The van der Waals surface area contributed by atoms with Gasteiger partial charge in [-0.25, -0.2) is 0 Å². The van der Waals surface area contributed by atoms with Crippen LogP contribution in [0.2, 0.25) is 5.02 Å². The van der Waals surface area contributed by atoms with Gasteiger partial charge in [0.2, 0.25) is 0 Å². The normalized spacial score (nSPS) is 19.8. The Balaban J connectivity index is 1.89. The van der Waals surface area contributed by atoms with Crippen molar-refractivity contribution < 1.29 is 18.3 Å². The molecule has 6 nitrogen and oxygen atoms in total. The summed E-state index contributed by atoms with van der Waals surface area (Å²) >= 11 is 5.97. The molecule has 1 fully saturated rings. The molecule has 0 spiro atoms. The number of nitrogens with zero attached hydrogens (tertiary/aromatic N) is 2. The molecule has 0 aromatic heterocycles. The second-order valence-corrected chi connectivity index (χ2v) is 6.88. The van der Waals surface area contributed by atoms with Crippen LogP contribution in [0.1, 0.15) is 19.4 Å². The Labute approximate surface area is 163 Å². The standard InChI is InChI=1S/C18H27ClF2N4O2/c1-12(25-6-7-26-11-13(25)2)9-23-18(22-3)24-10-14-8-15(19)4-5-16(14)27-17(20)21/h4-5,8,12-13,17H,6-7,9-11H2,1-3H3,(H2,22,23,24). The fourth-order valence-corrected chi connectivity index (χ4v) is 3.25. The molecule has 2 atom stereocenters. The zero-order valence-corrected chi connectivity index (χ0v) is 16.6. The largest absolute Gasteiger partial charge is 0.434 e. The van der Waals surface area contributed by atoms with Crippen LogP contribution in [0.15, 0.2) is 23.2 Å². The summed E-state index contributed by atoms with van der Waals surface area (Å²) in [5.74, 6) is 0.665. The summed E-state index contributed by atoms with van der Waals surface area (Å²) < 4.78 is 35.1. The molecule has 152 valence electrons. The van der Waals surface area contributed by atoms with Gasteiger partial charge in [-0.2, -0.15) is 8.78 Å². The highest BCUT2D eigenvalue weighted by Crippen LogP contribution is 2.24. The Morgan fingerprint density at radius 2 is 2.22 bits per heavy atom. The van der Waals surface area contributed by atoms with Gasteiger partial charge in [0.15, 0.2) is 5.96 Å². The molecule has 1 heterocycles. The third-order valence-corrected chi connectivity index (χ3v) is 4.69. The van der Waals surface area contributed by atoms with Gasteiger partial charge in [-0.1, -0.05) is 11.6 Å². The third kappa shape index (κ3) is 6.79. The smallest absolute Gasteiger partial charge is 0.387 e. The lowest BCUT2D eigenvalue weighted by atomic mass is 10.2. The van der Waals surface area contributed by atoms with Gasteiger partial charge in [-0.15, -0.1) is 0 Å². The Hall–Kier alpha value is -1.64. The van der Waals surface area contributed by atoms with Crippen LogP contribution in [-0.4, -0.2) is 62.9 Å². The maximum Gasteiger partial charge on any atom is 0.387 e. The summed E-state index contributed by atoms with van der Waals surface area (Å²) in [7, 11) is 1.66. The van der Waals surface area contributed by atoms with Gasteiger partial charge in [0, 0.05) is 49.4 Å². The van der Waals surface area contributed by atoms with Crippen LogP contribution in [0.5, 0.6) is 5.75 Å². The lowest BCUT2D eigenvalue weighted by Gasteiger charge is -2.38. The Kier molecular flexibility index (Phi) is 8.53. The molecule has 1 aliphatic heterocycles. The van der Waals surface area contributed by atoms with Crippen LogP contribution in [0.3, 0.4) is 0 Å². The number of aliphatic imine (C=N–C) groups is 1. The lowest BCUT2D eigenvalue weighted by Crippen LogP contribution is -2.52. The molecule has 27 heavy (non-hydrogen) atoms. The van der Waals surface area contributed by atoms with Crippen molar-refractivity contribution in [1.82, 2.24) is 15.5 Å². The van der Waals surface area contributed by atoms with E-state index in [1.54, 1.807) is 13.1 Å². The number of alkyl halides is 2. The molecule has 0 radical (unpaired) electrons. The summed E-state index contributed by atoms with van der Waals surface area (Å²) in [4.78, 5) is 6.57. The molecule has 2 N–H and O–H groups in total. The van der Waals surface area contributed by atoms with Crippen molar-refractivity contribution in [3.63, 3.8) is 0 Å². The zero-order chi connectivity index (χ0) is 19.8. The van der Waals surface area contributed by atoms with E-state index in [-0.39, 0.29) is 12.3 Å². The lowest BCUT2D eigenvalue weighted by molar-refractivity contribution is -0.0504. The van der Waals surface area contributed by atoms with Crippen molar-refractivity contribution in [1.29, 1.82) is 0 Å². The summed E-state index contributed by atoms with van der Waals surface area (Å²) in [5.41, 5.74) is 0.528. The number of halogens is 3. The monoisotopic (exact) mass is 404 g/mol. The van der Waals surface area contributed by atoms with Gasteiger partial charge < -0.3 is 20.1 Å². The van der Waals surface area contributed by atoms with E-state index in [0.717, 1.165) is 19.8 Å². The van der Waals surface area contributed by atoms with Crippen LogP contribution in [0.4, 0.5) is 8.78 Å². The minimum Gasteiger partial charge on any atom is -0.434 e. The SMILES string of the molecule is CN=C(NCc1cc(Cl)ccc1OC(F)F)NCC(C)N1CCOCC1C. The quantitative estimate of drug-likeness (QED) is 0.540. The number of rotatable bonds is 7. The van der Waals surface area contributed by atoms with Crippen molar-refractivity contribution in [3.8, 4) is 5.75 Å². The molecule has 0 bridgehead atoms. The van der Waals surface area contributed by atoms with Gasteiger partial charge in [-0.05, 0) is 32.0 Å². The summed E-state index contributed by atoms with van der Waals surface area (Å²) in [6.07, 6.45) is 0. The van der Waals surface area contributed by atoms with Gasteiger partial charge in [0.25, 0.3) is 0 Å². The van der Waals surface area contributed by atoms with Crippen molar-refractivity contribution in [2.75, 3.05) is 33.4 Å². The van der Waals surface area contributed by atoms with E-state index in [4.69, 9.17) is 16.3 Å². The van der Waals surface area contributed by atoms with E-state index in [1.807, 2.05) is 0 Å².